The average molecular weight is 423 g/mol. The summed E-state index contributed by atoms with van der Waals surface area (Å²) in [5.41, 5.74) is 3.24. The molecule has 3 N–H and O–H groups in total. The van der Waals surface area contributed by atoms with E-state index in [2.05, 4.69) is 20.6 Å². The normalized spacial score (nSPS) is 10.4. The minimum Gasteiger partial charge on any atom is -0.494 e. The van der Waals surface area contributed by atoms with Gasteiger partial charge in [-0.1, -0.05) is 23.7 Å². The predicted octanol–water partition coefficient (Wildman–Crippen LogP) is 3.60. The molecule has 2 aromatic carbocycles. The van der Waals surface area contributed by atoms with Gasteiger partial charge in [0.05, 0.1) is 13.7 Å². The molecule has 7 nitrogen and oxygen atoms in total. The molecule has 1 aromatic heterocycles. The van der Waals surface area contributed by atoms with E-state index in [0.717, 1.165) is 22.1 Å². The first kappa shape index (κ1) is 21.7. The van der Waals surface area contributed by atoms with Crippen LogP contribution in [0.5, 0.6) is 5.75 Å². The molecule has 0 fully saturated rings. The van der Waals surface area contributed by atoms with E-state index in [1.807, 2.05) is 30.3 Å². The number of anilines is 1. The first-order chi connectivity index (χ1) is 13.0. The summed E-state index contributed by atoms with van der Waals surface area (Å²) in [6.07, 6.45) is 1.74. The van der Waals surface area contributed by atoms with Crippen molar-refractivity contribution in [3.05, 3.63) is 47.1 Å². The third-order valence-corrected chi connectivity index (χ3v) is 4.29. The summed E-state index contributed by atoms with van der Waals surface area (Å²) in [4.78, 5) is 19.7. The number of fused-ring (bicyclic) bond motifs is 1. The molecule has 3 rings (SSSR count). The molecular formula is C19H20Cl2N4O3. The summed E-state index contributed by atoms with van der Waals surface area (Å²) in [5.74, 6) is 0.116. The Bertz CT molecular complexity index is 998. The van der Waals surface area contributed by atoms with E-state index in [9.17, 15) is 4.79 Å². The first-order valence-corrected chi connectivity index (χ1v) is 8.64. The highest BCUT2D eigenvalue weighted by Crippen LogP contribution is 2.37. The van der Waals surface area contributed by atoms with Crippen LogP contribution in [0, 0.1) is 0 Å². The summed E-state index contributed by atoms with van der Waals surface area (Å²) >= 11 is 6.17. The Labute approximate surface area is 173 Å². The Morgan fingerprint density at radius 3 is 2.75 bits per heavy atom. The molecule has 0 amide bonds. The number of carbonyl (C=O) groups is 1. The molecule has 3 aromatic rings. The van der Waals surface area contributed by atoms with Gasteiger partial charge < -0.3 is 20.5 Å². The molecule has 0 bridgehead atoms. The topological polar surface area (TPSA) is 96.4 Å². The SMILES string of the molecule is CNc1ncc2c(-c3cccc(Cl)c3)cc(CNCC(=O)O)c(OC)c2n1.Cl. The largest absolute Gasteiger partial charge is 0.494 e. The van der Waals surface area contributed by atoms with E-state index in [-0.39, 0.29) is 19.0 Å². The number of benzene rings is 2. The number of carboxylic acid groups (broad SMARTS) is 1. The lowest BCUT2D eigenvalue weighted by Gasteiger charge is -2.16. The van der Waals surface area contributed by atoms with Crippen LogP contribution in [0.2, 0.25) is 5.02 Å². The predicted molar refractivity (Wildman–Crippen MR) is 113 cm³/mol. The Morgan fingerprint density at radius 2 is 2.11 bits per heavy atom. The molecule has 0 saturated heterocycles. The highest BCUT2D eigenvalue weighted by Gasteiger charge is 2.17. The molecule has 0 unspecified atom stereocenters. The number of ether oxygens (including phenoxy) is 1. The molecule has 148 valence electrons. The van der Waals surface area contributed by atoms with Gasteiger partial charge in [0.25, 0.3) is 0 Å². The number of hydrogen-bond acceptors (Lipinski definition) is 6. The molecule has 0 aliphatic carbocycles. The molecule has 0 radical (unpaired) electrons. The van der Waals surface area contributed by atoms with Gasteiger partial charge in [0.15, 0.2) is 0 Å². The molecule has 0 aliphatic heterocycles. The van der Waals surface area contributed by atoms with E-state index in [1.54, 1.807) is 20.4 Å². The number of methoxy groups -OCH3 is 1. The van der Waals surface area contributed by atoms with Crippen molar-refractivity contribution in [3.63, 3.8) is 0 Å². The van der Waals surface area contributed by atoms with Crippen LogP contribution in [0.1, 0.15) is 5.56 Å². The van der Waals surface area contributed by atoms with Crippen LogP contribution in [-0.4, -0.2) is 41.7 Å². The maximum atomic E-state index is 10.8. The zero-order valence-electron chi connectivity index (χ0n) is 15.3. The van der Waals surface area contributed by atoms with E-state index >= 15 is 0 Å². The minimum atomic E-state index is -0.926. The second kappa shape index (κ2) is 9.54. The van der Waals surface area contributed by atoms with Crippen molar-refractivity contribution in [1.29, 1.82) is 0 Å². The number of aromatic nitrogens is 2. The third kappa shape index (κ3) is 4.62. The van der Waals surface area contributed by atoms with Crippen molar-refractivity contribution in [2.45, 2.75) is 6.54 Å². The lowest BCUT2D eigenvalue weighted by Crippen LogP contribution is -2.22. The minimum absolute atomic E-state index is 0. The molecule has 9 heteroatoms. The van der Waals surface area contributed by atoms with Gasteiger partial charge >= 0.3 is 5.97 Å². The Morgan fingerprint density at radius 1 is 1.32 bits per heavy atom. The summed E-state index contributed by atoms with van der Waals surface area (Å²) in [6, 6.07) is 9.45. The second-order valence-electron chi connectivity index (χ2n) is 5.83. The van der Waals surface area contributed by atoms with Crippen molar-refractivity contribution in [3.8, 4) is 16.9 Å². The number of hydrogen-bond donors (Lipinski definition) is 3. The number of rotatable bonds is 7. The number of nitrogens with zero attached hydrogens (tertiary/aromatic N) is 2. The van der Waals surface area contributed by atoms with Crippen LogP contribution in [0.4, 0.5) is 5.95 Å². The van der Waals surface area contributed by atoms with Crippen molar-refractivity contribution >= 4 is 46.8 Å². The van der Waals surface area contributed by atoms with Crippen LogP contribution in [0.25, 0.3) is 22.0 Å². The number of halogens is 2. The van der Waals surface area contributed by atoms with Crippen LogP contribution in [0.3, 0.4) is 0 Å². The van der Waals surface area contributed by atoms with Crippen LogP contribution in [-0.2, 0) is 11.3 Å². The molecule has 28 heavy (non-hydrogen) atoms. The number of carboxylic acids is 1. The Kier molecular flexibility index (Phi) is 7.39. The maximum Gasteiger partial charge on any atom is 0.317 e. The molecule has 1 heterocycles. The van der Waals surface area contributed by atoms with Gasteiger partial charge in [-0.05, 0) is 29.3 Å². The average Bonchev–Trinajstić information content (AvgIpc) is 2.66. The smallest absolute Gasteiger partial charge is 0.317 e. The van der Waals surface area contributed by atoms with Crippen molar-refractivity contribution < 1.29 is 14.6 Å². The number of aliphatic carboxylic acids is 1. The van der Waals surface area contributed by atoms with E-state index in [0.29, 0.717) is 28.8 Å². The monoisotopic (exact) mass is 422 g/mol. The quantitative estimate of drug-likeness (QED) is 0.534. The van der Waals surface area contributed by atoms with Gasteiger partial charge in [0.2, 0.25) is 5.95 Å². The van der Waals surface area contributed by atoms with Crippen LogP contribution < -0.4 is 15.4 Å². The Hall–Kier alpha value is -2.61. The first-order valence-electron chi connectivity index (χ1n) is 8.26. The van der Waals surface area contributed by atoms with Gasteiger partial charge in [-0.2, -0.15) is 0 Å². The van der Waals surface area contributed by atoms with Crippen LogP contribution >= 0.6 is 24.0 Å². The second-order valence-corrected chi connectivity index (χ2v) is 6.27. The summed E-state index contributed by atoms with van der Waals surface area (Å²) < 4.78 is 5.60. The fourth-order valence-electron chi connectivity index (χ4n) is 2.90. The Balaban J connectivity index is 0.00000280. The molecular weight excluding hydrogens is 403 g/mol. The van der Waals surface area contributed by atoms with E-state index < -0.39 is 5.97 Å². The van der Waals surface area contributed by atoms with Gasteiger partial charge in [-0.3, -0.25) is 4.79 Å². The zero-order chi connectivity index (χ0) is 19.4. The van der Waals surface area contributed by atoms with Gasteiger partial charge in [0.1, 0.15) is 11.3 Å². The maximum absolute atomic E-state index is 10.8. The third-order valence-electron chi connectivity index (χ3n) is 4.06. The fraction of sp³-hybridized carbons (Fsp3) is 0.211. The lowest BCUT2D eigenvalue weighted by atomic mass is 9.97. The summed E-state index contributed by atoms with van der Waals surface area (Å²) in [7, 11) is 3.31. The fourth-order valence-corrected chi connectivity index (χ4v) is 3.09. The van der Waals surface area contributed by atoms with Crippen molar-refractivity contribution in [2.24, 2.45) is 0 Å². The molecule has 0 aliphatic rings. The van der Waals surface area contributed by atoms with Gasteiger partial charge in [-0.25, -0.2) is 9.97 Å². The van der Waals surface area contributed by atoms with E-state index in [1.165, 1.54) is 0 Å². The summed E-state index contributed by atoms with van der Waals surface area (Å²) in [6.45, 7) is 0.164. The standard InChI is InChI=1S/C19H19ClN4O3.ClH/c1-21-19-23-9-15-14(11-4-3-5-13(20)6-11)7-12(8-22-10-16(25)26)18(27-2)17(15)24-19;/h3-7,9,22H,8,10H2,1-2H3,(H,25,26)(H,21,23,24);1H. The van der Waals surface area contributed by atoms with Crippen molar-refractivity contribution in [2.75, 3.05) is 26.0 Å². The number of nitrogens with one attached hydrogen (secondary N) is 2. The zero-order valence-corrected chi connectivity index (χ0v) is 16.9. The molecule has 0 spiro atoms. The lowest BCUT2D eigenvalue weighted by molar-refractivity contribution is -0.136. The summed E-state index contributed by atoms with van der Waals surface area (Å²) in [5, 5.41) is 16.1. The highest BCUT2D eigenvalue weighted by molar-refractivity contribution is 6.30. The highest BCUT2D eigenvalue weighted by atomic mass is 35.5. The van der Waals surface area contributed by atoms with Gasteiger partial charge in [-0.15, -0.1) is 12.4 Å². The van der Waals surface area contributed by atoms with Crippen molar-refractivity contribution in [1.82, 2.24) is 15.3 Å². The van der Waals surface area contributed by atoms with Crippen LogP contribution in [0.15, 0.2) is 36.5 Å². The molecule has 0 atom stereocenters. The molecule has 0 saturated carbocycles. The van der Waals surface area contributed by atoms with Gasteiger partial charge in [0, 0.05) is 35.8 Å². The van der Waals surface area contributed by atoms with E-state index in [4.69, 9.17) is 21.4 Å².